The van der Waals surface area contributed by atoms with Gasteiger partial charge in [0.15, 0.2) is 0 Å². The summed E-state index contributed by atoms with van der Waals surface area (Å²) in [7, 11) is 0. The standard InChI is InChI=1S/C19H23N5O/c1-15-4-2-5-16(22-15)12-23-8-3-6-19(13-23)7-9-24(18(19)25)17-10-20-14-21-11-17/h2,4-5,10-11,14H,3,6-9,12-13H2,1H3/t19-/m1/s1. The molecule has 6 heteroatoms. The molecule has 6 nitrogen and oxygen atoms in total. The zero-order chi connectivity index (χ0) is 17.3. The van der Waals surface area contributed by atoms with Crippen molar-refractivity contribution in [1.82, 2.24) is 19.9 Å². The minimum Gasteiger partial charge on any atom is -0.309 e. The monoisotopic (exact) mass is 337 g/mol. The van der Waals surface area contributed by atoms with E-state index in [-0.39, 0.29) is 11.3 Å². The summed E-state index contributed by atoms with van der Waals surface area (Å²) in [6, 6.07) is 6.13. The first-order chi connectivity index (χ1) is 12.2. The number of amides is 1. The summed E-state index contributed by atoms with van der Waals surface area (Å²) in [6.07, 6.45) is 7.86. The van der Waals surface area contributed by atoms with E-state index in [1.54, 1.807) is 12.4 Å². The first-order valence-corrected chi connectivity index (χ1v) is 8.88. The molecule has 25 heavy (non-hydrogen) atoms. The number of nitrogens with zero attached hydrogens (tertiary/aromatic N) is 5. The number of rotatable bonds is 3. The largest absolute Gasteiger partial charge is 0.309 e. The molecule has 4 heterocycles. The molecule has 0 aliphatic carbocycles. The van der Waals surface area contributed by atoms with Crippen molar-refractivity contribution in [3.63, 3.8) is 0 Å². The van der Waals surface area contributed by atoms with Crippen LogP contribution in [0.3, 0.4) is 0 Å². The van der Waals surface area contributed by atoms with Crippen LogP contribution in [0.15, 0.2) is 36.9 Å². The fraction of sp³-hybridized carbons (Fsp3) is 0.474. The summed E-state index contributed by atoms with van der Waals surface area (Å²) in [6.45, 7) is 5.42. The van der Waals surface area contributed by atoms with Crippen LogP contribution in [0.2, 0.25) is 0 Å². The molecule has 1 spiro atoms. The molecule has 0 N–H and O–H groups in total. The van der Waals surface area contributed by atoms with Gasteiger partial charge < -0.3 is 4.90 Å². The van der Waals surface area contributed by atoms with E-state index in [1.807, 2.05) is 17.9 Å². The molecule has 0 bridgehead atoms. The van der Waals surface area contributed by atoms with Crippen LogP contribution in [0.1, 0.15) is 30.7 Å². The van der Waals surface area contributed by atoms with Crippen LogP contribution < -0.4 is 4.90 Å². The number of carbonyl (C=O) groups excluding carboxylic acids is 1. The molecule has 2 fully saturated rings. The number of carbonyl (C=O) groups is 1. The van der Waals surface area contributed by atoms with Gasteiger partial charge in [0.25, 0.3) is 0 Å². The van der Waals surface area contributed by atoms with Crippen LogP contribution in [0.25, 0.3) is 0 Å². The average Bonchev–Trinajstić information content (AvgIpc) is 2.92. The van der Waals surface area contributed by atoms with Crippen LogP contribution in [-0.4, -0.2) is 45.4 Å². The fourth-order valence-electron chi connectivity index (χ4n) is 4.15. The van der Waals surface area contributed by atoms with E-state index in [0.717, 1.165) is 62.5 Å². The molecule has 2 aromatic heterocycles. The highest BCUT2D eigenvalue weighted by molar-refractivity contribution is 5.99. The summed E-state index contributed by atoms with van der Waals surface area (Å²) in [5, 5.41) is 0. The van der Waals surface area contributed by atoms with Gasteiger partial charge in [0.05, 0.1) is 29.2 Å². The molecule has 4 rings (SSSR count). The smallest absolute Gasteiger partial charge is 0.234 e. The van der Waals surface area contributed by atoms with Gasteiger partial charge in [0, 0.05) is 25.3 Å². The number of anilines is 1. The molecular formula is C19H23N5O. The number of piperidine rings is 1. The molecule has 2 saturated heterocycles. The van der Waals surface area contributed by atoms with Gasteiger partial charge in [0.1, 0.15) is 6.33 Å². The van der Waals surface area contributed by atoms with Crippen LogP contribution in [-0.2, 0) is 11.3 Å². The summed E-state index contributed by atoms with van der Waals surface area (Å²) >= 11 is 0. The predicted molar refractivity (Wildman–Crippen MR) is 94.9 cm³/mol. The number of aromatic nitrogens is 3. The topological polar surface area (TPSA) is 62.2 Å². The van der Waals surface area contributed by atoms with E-state index in [4.69, 9.17) is 0 Å². The van der Waals surface area contributed by atoms with Gasteiger partial charge in [-0.15, -0.1) is 0 Å². The minimum atomic E-state index is -0.266. The summed E-state index contributed by atoms with van der Waals surface area (Å²) in [5.41, 5.74) is 2.66. The Balaban J connectivity index is 1.50. The Kier molecular flexibility index (Phi) is 4.21. The number of hydrogen-bond acceptors (Lipinski definition) is 5. The van der Waals surface area contributed by atoms with Crippen molar-refractivity contribution in [1.29, 1.82) is 0 Å². The van der Waals surface area contributed by atoms with E-state index in [9.17, 15) is 4.79 Å². The van der Waals surface area contributed by atoms with E-state index in [1.165, 1.54) is 6.33 Å². The second-order valence-corrected chi connectivity index (χ2v) is 7.17. The van der Waals surface area contributed by atoms with Crippen molar-refractivity contribution < 1.29 is 4.79 Å². The SMILES string of the molecule is Cc1cccc(CN2CCC[C@@]3(CCN(c4cncnc4)C3=O)C2)n1. The Morgan fingerprint density at radius 2 is 2.00 bits per heavy atom. The maximum atomic E-state index is 13.2. The molecule has 0 saturated carbocycles. The predicted octanol–water partition coefficient (Wildman–Crippen LogP) is 2.20. The Labute approximate surface area is 147 Å². The Morgan fingerprint density at radius 1 is 1.16 bits per heavy atom. The highest BCUT2D eigenvalue weighted by Crippen LogP contribution is 2.41. The highest BCUT2D eigenvalue weighted by atomic mass is 16.2. The van der Waals surface area contributed by atoms with E-state index >= 15 is 0 Å². The number of aryl methyl sites for hydroxylation is 1. The second-order valence-electron chi connectivity index (χ2n) is 7.17. The molecule has 0 radical (unpaired) electrons. The van der Waals surface area contributed by atoms with Gasteiger partial charge >= 0.3 is 0 Å². The molecule has 1 atom stereocenters. The third kappa shape index (κ3) is 3.14. The van der Waals surface area contributed by atoms with Gasteiger partial charge in [-0.25, -0.2) is 9.97 Å². The lowest BCUT2D eigenvalue weighted by atomic mass is 9.78. The van der Waals surface area contributed by atoms with Crippen LogP contribution >= 0.6 is 0 Å². The van der Waals surface area contributed by atoms with E-state index in [2.05, 4.69) is 32.0 Å². The maximum Gasteiger partial charge on any atom is 0.234 e. The summed E-state index contributed by atoms with van der Waals surface area (Å²) in [4.78, 5) is 30.1. The van der Waals surface area contributed by atoms with Gasteiger partial charge in [-0.2, -0.15) is 0 Å². The van der Waals surface area contributed by atoms with Crippen molar-refractivity contribution in [2.45, 2.75) is 32.7 Å². The van der Waals surface area contributed by atoms with Gasteiger partial charge in [-0.1, -0.05) is 6.07 Å². The Morgan fingerprint density at radius 3 is 2.80 bits per heavy atom. The minimum absolute atomic E-state index is 0.226. The van der Waals surface area contributed by atoms with E-state index < -0.39 is 0 Å². The maximum absolute atomic E-state index is 13.2. The zero-order valence-corrected chi connectivity index (χ0v) is 14.6. The third-order valence-electron chi connectivity index (χ3n) is 5.36. The normalized spacial score (nSPS) is 24.2. The Bertz CT molecular complexity index is 765. The van der Waals surface area contributed by atoms with Crippen LogP contribution in [0.5, 0.6) is 0 Å². The first kappa shape index (κ1) is 16.1. The van der Waals surface area contributed by atoms with Crippen molar-refractivity contribution in [3.05, 3.63) is 48.3 Å². The lowest BCUT2D eigenvalue weighted by Gasteiger charge is -2.38. The van der Waals surface area contributed by atoms with Gasteiger partial charge in [-0.05, 0) is 44.9 Å². The molecule has 2 aromatic rings. The lowest BCUT2D eigenvalue weighted by Crippen LogP contribution is -2.47. The molecular weight excluding hydrogens is 314 g/mol. The summed E-state index contributed by atoms with van der Waals surface area (Å²) < 4.78 is 0. The number of pyridine rings is 1. The number of hydrogen-bond donors (Lipinski definition) is 0. The number of likely N-dealkylation sites (tertiary alicyclic amines) is 1. The van der Waals surface area contributed by atoms with Gasteiger partial charge in [0.2, 0.25) is 5.91 Å². The van der Waals surface area contributed by atoms with Crippen LogP contribution in [0, 0.1) is 12.3 Å². The molecule has 2 aliphatic rings. The fourth-order valence-corrected chi connectivity index (χ4v) is 4.15. The van der Waals surface area contributed by atoms with Crippen LogP contribution in [0.4, 0.5) is 5.69 Å². The lowest BCUT2D eigenvalue weighted by molar-refractivity contribution is -0.128. The highest BCUT2D eigenvalue weighted by Gasteiger charge is 2.49. The molecule has 2 aliphatic heterocycles. The van der Waals surface area contributed by atoms with Crippen molar-refractivity contribution >= 4 is 11.6 Å². The molecule has 1 amide bonds. The average molecular weight is 337 g/mol. The van der Waals surface area contributed by atoms with Gasteiger partial charge in [-0.3, -0.25) is 14.7 Å². The quantitative estimate of drug-likeness (QED) is 0.859. The summed E-state index contributed by atoms with van der Waals surface area (Å²) in [5.74, 6) is 0.226. The molecule has 130 valence electrons. The first-order valence-electron chi connectivity index (χ1n) is 8.88. The Hall–Kier alpha value is -2.34. The second kappa shape index (κ2) is 6.52. The molecule has 0 aromatic carbocycles. The van der Waals surface area contributed by atoms with Crippen molar-refractivity contribution in [2.75, 3.05) is 24.5 Å². The third-order valence-corrected chi connectivity index (χ3v) is 5.36. The van der Waals surface area contributed by atoms with Crippen molar-refractivity contribution in [2.24, 2.45) is 5.41 Å². The zero-order valence-electron chi connectivity index (χ0n) is 14.6. The molecule has 0 unspecified atom stereocenters. The van der Waals surface area contributed by atoms with Crippen molar-refractivity contribution in [3.8, 4) is 0 Å². The van der Waals surface area contributed by atoms with E-state index in [0.29, 0.717) is 0 Å².